The first kappa shape index (κ1) is 17.1. The number of esters is 1. The second kappa shape index (κ2) is 7.44. The Hall–Kier alpha value is -2.73. The standard InChI is InChI=1S/C19H21N3O3/c1-12-3-6-15(20-10-12)11-21-17-8-4-13-9-14(19(24)25-2)5-7-16(13)22-18(17)23/h3,5-7,9-10,17,21H,4,8,11H2,1-2H3,(H,22,23). The lowest BCUT2D eigenvalue weighted by atomic mass is 10.0. The zero-order valence-electron chi connectivity index (χ0n) is 14.3. The van der Waals surface area contributed by atoms with E-state index in [1.165, 1.54) is 7.11 Å². The highest BCUT2D eigenvalue weighted by Crippen LogP contribution is 2.24. The van der Waals surface area contributed by atoms with Gasteiger partial charge in [0, 0.05) is 18.4 Å². The number of anilines is 1. The highest BCUT2D eigenvalue weighted by molar-refractivity contribution is 5.97. The smallest absolute Gasteiger partial charge is 0.337 e. The number of pyridine rings is 1. The molecule has 25 heavy (non-hydrogen) atoms. The molecule has 6 nitrogen and oxygen atoms in total. The Morgan fingerprint density at radius 3 is 2.92 bits per heavy atom. The Kier molecular flexibility index (Phi) is 5.09. The number of amides is 1. The van der Waals surface area contributed by atoms with E-state index in [0.717, 1.165) is 22.5 Å². The van der Waals surface area contributed by atoms with E-state index in [1.54, 1.807) is 18.2 Å². The number of methoxy groups -OCH3 is 1. The van der Waals surface area contributed by atoms with Gasteiger partial charge in [0.15, 0.2) is 0 Å². The molecule has 1 amide bonds. The van der Waals surface area contributed by atoms with Gasteiger partial charge in [-0.3, -0.25) is 9.78 Å². The molecule has 1 unspecified atom stereocenters. The van der Waals surface area contributed by atoms with Crippen molar-refractivity contribution in [3.05, 3.63) is 58.9 Å². The quantitative estimate of drug-likeness (QED) is 0.835. The van der Waals surface area contributed by atoms with Crippen LogP contribution in [0.5, 0.6) is 0 Å². The first-order valence-electron chi connectivity index (χ1n) is 8.24. The molecule has 1 atom stereocenters. The number of benzene rings is 1. The highest BCUT2D eigenvalue weighted by Gasteiger charge is 2.24. The molecule has 3 rings (SSSR count). The molecule has 6 heteroatoms. The summed E-state index contributed by atoms with van der Waals surface area (Å²) in [5.74, 6) is -0.449. The van der Waals surface area contributed by atoms with E-state index in [9.17, 15) is 9.59 Å². The minimum atomic E-state index is -0.376. The molecule has 1 aliphatic rings. The predicted octanol–water partition coefficient (Wildman–Crippen LogP) is 2.22. The summed E-state index contributed by atoms with van der Waals surface area (Å²) in [5.41, 5.74) is 4.18. The lowest BCUT2D eigenvalue weighted by Crippen LogP contribution is -2.39. The normalized spacial score (nSPS) is 16.6. The summed E-state index contributed by atoms with van der Waals surface area (Å²) in [5, 5.41) is 6.19. The van der Waals surface area contributed by atoms with Gasteiger partial charge in [0.05, 0.1) is 24.4 Å². The fraction of sp³-hybridized carbons (Fsp3) is 0.316. The molecule has 0 fully saturated rings. The Labute approximate surface area is 146 Å². The Morgan fingerprint density at radius 2 is 2.20 bits per heavy atom. The van der Waals surface area contributed by atoms with Crippen LogP contribution in [0.15, 0.2) is 36.5 Å². The van der Waals surface area contributed by atoms with Gasteiger partial charge in [0.2, 0.25) is 5.91 Å². The summed E-state index contributed by atoms with van der Waals surface area (Å²) in [4.78, 5) is 28.5. The monoisotopic (exact) mass is 339 g/mol. The van der Waals surface area contributed by atoms with E-state index < -0.39 is 0 Å². The minimum absolute atomic E-state index is 0.0725. The Morgan fingerprint density at radius 1 is 1.36 bits per heavy atom. The second-order valence-corrected chi connectivity index (χ2v) is 6.15. The SMILES string of the molecule is COC(=O)c1ccc2c(c1)CCC(NCc1ccc(C)cn1)C(=O)N2. The van der Waals surface area contributed by atoms with Crippen molar-refractivity contribution < 1.29 is 14.3 Å². The average Bonchev–Trinajstić information content (AvgIpc) is 2.78. The van der Waals surface area contributed by atoms with Gasteiger partial charge in [0.25, 0.3) is 0 Å². The van der Waals surface area contributed by atoms with E-state index in [1.807, 2.05) is 25.3 Å². The number of aryl methyl sites for hydroxylation is 2. The van der Waals surface area contributed by atoms with Gasteiger partial charge in [-0.05, 0) is 55.2 Å². The molecule has 0 saturated heterocycles. The predicted molar refractivity (Wildman–Crippen MR) is 94.3 cm³/mol. The van der Waals surface area contributed by atoms with Crippen molar-refractivity contribution in [1.29, 1.82) is 0 Å². The van der Waals surface area contributed by atoms with E-state index >= 15 is 0 Å². The molecule has 0 radical (unpaired) electrons. The van der Waals surface area contributed by atoms with Crippen molar-refractivity contribution in [3.63, 3.8) is 0 Å². The number of rotatable bonds is 4. The van der Waals surface area contributed by atoms with Crippen LogP contribution in [0.1, 0.15) is 33.6 Å². The summed E-state index contributed by atoms with van der Waals surface area (Å²) in [6, 6.07) is 8.84. The highest BCUT2D eigenvalue weighted by atomic mass is 16.5. The molecular formula is C19H21N3O3. The molecule has 2 aromatic rings. The van der Waals surface area contributed by atoms with Crippen LogP contribution < -0.4 is 10.6 Å². The van der Waals surface area contributed by atoms with Gasteiger partial charge < -0.3 is 15.4 Å². The summed E-state index contributed by atoms with van der Waals surface area (Å²) >= 11 is 0. The van der Waals surface area contributed by atoms with Crippen LogP contribution in [0.25, 0.3) is 0 Å². The molecule has 2 heterocycles. The zero-order chi connectivity index (χ0) is 17.8. The number of ether oxygens (including phenoxy) is 1. The van der Waals surface area contributed by atoms with Crippen LogP contribution in [-0.4, -0.2) is 30.0 Å². The van der Waals surface area contributed by atoms with Crippen molar-refractivity contribution in [2.45, 2.75) is 32.4 Å². The van der Waals surface area contributed by atoms with Gasteiger partial charge in [-0.1, -0.05) is 6.07 Å². The molecule has 0 aliphatic carbocycles. The van der Waals surface area contributed by atoms with Crippen LogP contribution in [0.3, 0.4) is 0 Å². The average molecular weight is 339 g/mol. The summed E-state index contributed by atoms with van der Waals surface area (Å²) < 4.78 is 4.75. The lowest BCUT2D eigenvalue weighted by Gasteiger charge is -2.15. The van der Waals surface area contributed by atoms with Crippen LogP contribution in [0.2, 0.25) is 0 Å². The number of nitrogens with one attached hydrogen (secondary N) is 2. The maximum Gasteiger partial charge on any atom is 0.337 e. The number of hydrogen-bond acceptors (Lipinski definition) is 5. The maximum atomic E-state index is 12.4. The van der Waals surface area contributed by atoms with Gasteiger partial charge in [-0.15, -0.1) is 0 Å². The lowest BCUT2D eigenvalue weighted by molar-refractivity contribution is -0.118. The number of carbonyl (C=O) groups is 2. The van der Waals surface area contributed by atoms with Crippen LogP contribution in [0, 0.1) is 6.92 Å². The largest absolute Gasteiger partial charge is 0.465 e. The van der Waals surface area contributed by atoms with E-state index in [-0.39, 0.29) is 17.9 Å². The fourth-order valence-electron chi connectivity index (χ4n) is 2.84. The Balaban J connectivity index is 1.68. The number of nitrogens with zero attached hydrogens (tertiary/aromatic N) is 1. The molecule has 1 aromatic heterocycles. The maximum absolute atomic E-state index is 12.4. The third-order valence-corrected chi connectivity index (χ3v) is 4.31. The molecule has 130 valence electrons. The van der Waals surface area contributed by atoms with Gasteiger partial charge >= 0.3 is 5.97 Å². The summed E-state index contributed by atoms with van der Waals surface area (Å²) in [6.45, 7) is 2.52. The van der Waals surface area contributed by atoms with E-state index in [4.69, 9.17) is 4.74 Å². The van der Waals surface area contributed by atoms with Gasteiger partial charge in [-0.25, -0.2) is 4.79 Å². The number of fused-ring (bicyclic) bond motifs is 1. The Bertz CT molecular complexity index is 787. The topological polar surface area (TPSA) is 80.3 Å². The van der Waals surface area contributed by atoms with Crippen LogP contribution in [0.4, 0.5) is 5.69 Å². The molecule has 0 saturated carbocycles. The fourth-order valence-corrected chi connectivity index (χ4v) is 2.84. The van der Waals surface area contributed by atoms with Crippen molar-refractivity contribution >= 4 is 17.6 Å². The van der Waals surface area contributed by atoms with Gasteiger partial charge in [0.1, 0.15) is 0 Å². The number of hydrogen-bond donors (Lipinski definition) is 2. The minimum Gasteiger partial charge on any atom is -0.465 e. The first-order chi connectivity index (χ1) is 12.1. The van der Waals surface area contributed by atoms with E-state index in [0.29, 0.717) is 24.9 Å². The van der Waals surface area contributed by atoms with Crippen LogP contribution in [-0.2, 0) is 22.5 Å². The third-order valence-electron chi connectivity index (χ3n) is 4.31. The molecular weight excluding hydrogens is 318 g/mol. The van der Waals surface area contributed by atoms with Crippen molar-refractivity contribution in [3.8, 4) is 0 Å². The molecule has 0 bridgehead atoms. The second-order valence-electron chi connectivity index (χ2n) is 6.15. The molecule has 1 aliphatic heterocycles. The van der Waals surface area contributed by atoms with E-state index in [2.05, 4.69) is 15.6 Å². The number of carbonyl (C=O) groups excluding carboxylic acids is 2. The first-order valence-corrected chi connectivity index (χ1v) is 8.24. The van der Waals surface area contributed by atoms with Crippen molar-refractivity contribution in [2.24, 2.45) is 0 Å². The van der Waals surface area contributed by atoms with Crippen molar-refractivity contribution in [1.82, 2.24) is 10.3 Å². The molecule has 1 aromatic carbocycles. The van der Waals surface area contributed by atoms with Crippen molar-refractivity contribution in [2.75, 3.05) is 12.4 Å². The molecule has 2 N–H and O–H groups in total. The molecule has 0 spiro atoms. The summed E-state index contributed by atoms with van der Waals surface area (Å²) in [6.07, 6.45) is 3.15. The number of aromatic nitrogens is 1. The zero-order valence-corrected chi connectivity index (χ0v) is 14.3. The van der Waals surface area contributed by atoms with Crippen LogP contribution >= 0.6 is 0 Å². The third kappa shape index (κ3) is 4.03. The summed E-state index contributed by atoms with van der Waals surface area (Å²) in [7, 11) is 1.36. The van der Waals surface area contributed by atoms with Gasteiger partial charge in [-0.2, -0.15) is 0 Å².